The molecule has 22 heavy (non-hydrogen) atoms. The summed E-state index contributed by atoms with van der Waals surface area (Å²) in [5.74, 6) is 0.817. The molecule has 0 radical (unpaired) electrons. The van der Waals surface area contributed by atoms with Crippen LogP contribution in [0.3, 0.4) is 0 Å². The summed E-state index contributed by atoms with van der Waals surface area (Å²) in [6.45, 7) is 7.26. The van der Waals surface area contributed by atoms with E-state index in [1.54, 1.807) is 12.4 Å². The van der Waals surface area contributed by atoms with Crippen molar-refractivity contribution in [1.82, 2.24) is 19.8 Å². The van der Waals surface area contributed by atoms with E-state index < -0.39 is 0 Å². The Morgan fingerprint density at radius 2 is 2.00 bits per heavy atom. The third-order valence-electron chi connectivity index (χ3n) is 4.41. The van der Waals surface area contributed by atoms with Gasteiger partial charge in [-0.15, -0.1) is 0 Å². The van der Waals surface area contributed by atoms with Crippen LogP contribution in [0.1, 0.15) is 35.9 Å². The van der Waals surface area contributed by atoms with Crippen molar-refractivity contribution in [2.24, 2.45) is 0 Å². The predicted molar refractivity (Wildman–Crippen MR) is 82.7 cm³/mol. The van der Waals surface area contributed by atoms with Gasteiger partial charge in [-0.05, 0) is 12.8 Å². The van der Waals surface area contributed by atoms with Crippen LogP contribution in [0.25, 0.3) is 0 Å². The van der Waals surface area contributed by atoms with E-state index in [2.05, 4.69) is 14.9 Å². The molecule has 2 aliphatic heterocycles. The van der Waals surface area contributed by atoms with Gasteiger partial charge in [0.15, 0.2) is 0 Å². The van der Waals surface area contributed by atoms with Gasteiger partial charge in [-0.25, -0.2) is 9.97 Å². The number of carbonyl (C=O) groups excluding carboxylic acids is 1. The van der Waals surface area contributed by atoms with E-state index in [1.165, 1.54) is 12.8 Å². The quantitative estimate of drug-likeness (QED) is 0.830. The maximum atomic E-state index is 12.5. The van der Waals surface area contributed by atoms with Crippen molar-refractivity contribution in [1.29, 1.82) is 0 Å². The monoisotopic (exact) mass is 304 g/mol. The number of rotatable bonds is 4. The first-order chi connectivity index (χ1) is 10.8. The average molecular weight is 304 g/mol. The first kappa shape index (κ1) is 15.4. The van der Waals surface area contributed by atoms with Crippen LogP contribution in [0.15, 0.2) is 12.4 Å². The van der Waals surface area contributed by atoms with Crippen molar-refractivity contribution in [3.05, 3.63) is 23.8 Å². The maximum absolute atomic E-state index is 12.5. The van der Waals surface area contributed by atoms with Gasteiger partial charge in [0.05, 0.1) is 11.7 Å². The lowest BCUT2D eigenvalue weighted by Gasteiger charge is -2.35. The summed E-state index contributed by atoms with van der Waals surface area (Å²) in [7, 11) is 0. The van der Waals surface area contributed by atoms with Gasteiger partial charge >= 0.3 is 0 Å². The molecule has 0 aliphatic carbocycles. The molecular weight excluding hydrogens is 280 g/mol. The minimum atomic E-state index is 0.0411. The standard InChI is InChI=1S/C16H24N4O2/c1-2-15-17-10-13(11-18-15)16(21)20-7-5-19(6-8-20)12-14-4-3-9-22-14/h10-11,14H,2-9,12H2,1H3/t14-/m0/s1. The van der Waals surface area contributed by atoms with Gasteiger partial charge in [-0.1, -0.05) is 6.92 Å². The smallest absolute Gasteiger partial charge is 0.257 e. The lowest BCUT2D eigenvalue weighted by Crippen LogP contribution is -2.50. The van der Waals surface area contributed by atoms with Crippen molar-refractivity contribution in [2.75, 3.05) is 39.3 Å². The fourth-order valence-electron chi connectivity index (χ4n) is 3.04. The molecule has 120 valence electrons. The summed E-state index contributed by atoms with van der Waals surface area (Å²) in [5, 5.41) is 0. The van der Waals surface area contributed by atoms with Crippen LogP contribution >= 0.6 is 0 Å². The zero-order chi connectivity index (χ0) is 15.4. The van der Waals surface area contributed by atoms with E-state index in [0.29, 0.717) is 11.7 Å². The highest BCUT2D eigenvalue weighted by atomic mass is 16.5. The van der Waals surface area contributed by atoms with Crippen LogP contribution in [0.4, 0.5) is 0 Å². The van der Waals surface area contributed by atoms with Gasteiger partial charge in [-0.2, -0.15) is 0 Å². The Bertz CT molecular complexity index is 491. The maximum Gasteiger partial charge on any atom is 0.257 e. The average Bonchev–Trinajstić information content (AvgIpc) is 3.08. The molecule has 0 bridgehead atoms. The second-order valence-electron chi connectivity index (χ2n) is 5.97. The first-order valence-electron chi connectivity index (χ1n) is 8.20. The van der Waals surface area contributed by atoms with Gasteiger partial charge in [-0.3, -0.25) is 9.69 Å². The number of aryl methyl sites for hydroxylation is 1. The molecule has 2 fully saturated rings. The summed E-state index contributed by atoms with van der Waals surface area (Å²) in [6.07, 6.45) is 6.81. The first-order valence-corrected chi connectivity index (χ1v) is 8.20. The van der Waals surface area contributed by atoms with Crippen LogP contribution < -0.4 is 0 Å². The Labute approximate surface area is 131 Å². The van der Waals surface area contributed by atoms with Crippen LogP contribution in [0.5, 0.6) is 0 Å². The highest BCUT2D eigenvalue weighted by Crippen LogP contribution is 2.15. The molecule has 0 N–H and O–H groups in total. The number of nitrogens with zero attached hydrogens (tertiary/aromatic N) is 4. The molecular formula is C16H24N4O2. The number of aromatic nitrogens is 2. The molecule has 1 atom stereocenters. The number of ether oxygens (including phenoxy) is 1. The summed E-state index contributed by atoms with van der Waals surface area (Å²) in [5.41, 5.74) is 0.588. The minimum absolute atomic E-state index is 0.0411. The van der Waals surface area contributed by atoms with Crippen LogP contribution in [-0.2, 0) is 11.2 Å². The van der Waals surface area contributed by atoms with Crippen molar-refractivity contribution in [3.63, 3.8) is 0 Å². The second-order valence-corrected chi connectivity index (χ2v) is 5.97. The Balaban J connectivity index is 1.50. The molecule has 0 saturated carbocycles. The Hall–Kier alpha value is -1.53. The van der Waals surface area contributed by atoms with Crippen molar-refractivity contribution in [3.8, 4) is 0 Å². The zero-order valence-corrected chi connectivity index (χ0v) is 13.2. The van der Waals surface area contributed by atoms with Gasteiger partial charge in [0, 0.05) is 58.1 Å². The number of hydrogen-bond acceptors (Lipinski definition) is 5. The van der Waals surface area contributed by atoms with Gasteiger partial charge in [0.25, 0.3) is 5.91 Å². The normalized spacial score (nSPS) is 23.0. The summed E-state index contributed by atoms with van der Waals surface area (Å²) in [6, 6.07) is 0. The summed E-state index contributed by atoms with van der Waals surface area (Å²) in [4.78, 5) is 25.2. The molecule has 0 spiro atoms. The van der Waals surface area contributed by atoms with E-state index in [0.717, 1.165) is 51.6 Å². The SMILES string of the molecule is CCc1ncc(C(=O)N2CCN(C[C@@H]3CCCO3)CC2)cn1. The van der Waals surface area contributed by atoms with E-state index in [-0.39, 0.29) is 5.91 Å². The molecule has 1 aromatic rings. The number of amides is 1. The van der Waals surface area contributed by atoms with E-state index >= 15 is 0 Å². The number of carbonyl (C=O) groups is 1. The molecule has 0 unspecified atom stereocenters. The molecule has 1 amide bonds. The van der Waals surface area contributed by atoms with E-state index in [1.807, 2.05) is 11.8 Å². The summed E-state index contributed by atoms with van der Waals surface area (Å²) >= 11 is 0. The molecule has 0 aromatic carbocycles. The molecule has 2 aliphatic rings. The molecule has 3 heterocycles. The largest absolute Gasteiger partial charge is 0.377 e. The number of piperazine rings is 1. The van der Waals surface area contributed by atoms with Crippen molar-refractivity contribution in [2.45, 2.75) is 32.3 Å². The van der Waals surface area contributed by atoms with Crippen molar-refractivity contribution >= 4 is 5.91 Å². The topological polar surface area (TPSA) is 58.6 Å². The fourth-order valence-corrected chi connectivity index (χ4v) is 3.04. The highest BCUT2D eigenvalue weighted by molar-refractivity contribution is 5.93. The third-order valence-corrected chi connectivity index (χ3v) is 4.41. The molecule has 3 rings (SSSR count). The number of hydrogen-bond donors (Lipinski definition) is 0. The molecule has 6 nitrogen and oxygen atoms in total. The lowest BCUT2D eigenvalue weighted by molar-refractivity contribution is 0.0432. The third kappa shape index (κ3) is 3.62. The zero-order valence-electron chi connectivity index (χ0n) is 13.2. The second kappa shape index (κ2) is 7.15. The van der Waals surface area contributed by atoms with E-state index in [4.69, 9.17) is 4.74 Å². The molecule has 6 heteroatoms. The molecule has 1 aromatic heterocycles. The molecule has 2 saturated heterocycles. The highest BCUT2D eigenvalue weighted by Gasteiger charge is 2.25. The van der Waals surface area contributed by atoms with Gasteiger partial charge < -0.3 is 9.64 Å². The van der Waals surface area contributed by atoms with Gasteiger partial charge in [0.2, 0.25) is 0 Å². The van der Waals surface area contributed by atoms with Crippen molar-refractivity contribution < 1.29 is 9.53 Å². The minimum Gasteiger partial charge on any atom is -0.377 e. The van der Waals surface area contributed by atoms with Crippen LogP contribution in [0, 0.1) is 0 Å². The van der Waals surface area contributed by atoms with Gasteiger partial charge in [0.1, 0.15) is 5.82 Å². The van der Waals surface area contributed by atoms with Crippen LogP contribution in [0.2, 0.25) is 0 Å². The van der Waals surface area contributed by atoms with E-state index in [9.17, 15) is 4.79 Å². The Morgan fingerprint density at radius 3 is 2.59 bits per heavy atom. The summed E-state index contributed by atoms with van der Waals surface area (Å²) < 4.78 is 5.68. The van der Waals surface area contributed by atoms with Crippen LogP contribution in [-0.4, -0.2) is 71.1 Å². The predicted octanol–water partition coefficient (Wildman–Crippen LogP) is 0.976. The fraction of sp³-hybridized carbons (Fsp3) is 0.688. The Kier molecular flexibility index (Phi) is 5.00. The lowest BCUT2D eigenvalue weighted by atomic mass is 10.2. The Morgan fingerprint density at radius 1 is 1.27 bits per heavy atom.